The van der Waals surface area contributed by atoms with Gasteiger partial charge < -0.3 is 19.6 Å². The van der Waals surface area contributed by atoms with E-state index in [0.717, 1.165) is 16.8 Å². The molecule has 0 saturated heterocycles. The number of nitrogens with one attached hydrogen (secondary N) is 2. The number of carbonyl (C=O) groups is 1. The van der Waals surface area contributed by atoms with Crippen molar-refractivity contribution in [2.24, 2.45) is 0 Å². The van der Waals surface area contributed by atoms with Gasteiger partial charge in [0.2, 0.25) is 0 Å². The first-order valence-corrected chi connectivity index (χ1v) is 10.1. The van der Waals surface area contributed by atoms with Crippen LogP contribution in [0.15, 0.2) is 70.1 Å². The molecule has 2 aromatic carbocycles. The maximum absolute atomic E-state index is 13.4. The third-order valence-corrected chi connectivity index (χ3v) is 5.37. The van der Waals surface area contributed by atoms with Crippen molar-refractivity contribution in [1.29, 1.82) is 0 Å². The largest absolute Gasteiger partial charge is 0.467 e. The molecule has 1 unspecified atom stereocenters. The number of aryl methyl sites for hydroxylation is 2. The van der Waals surface area contributed by atoms with Gasteiger partial charge in [-0.25, -0.2) is 9.78 Å². The number of H-pyrrole nitrogens is 1. The van der Waals surface area contributed by atoms with E-state index in [1.54, 1.807) is 35.4 Å². The minimum absolute atomic E-state index is 0.224. The molecular formula is C24H24N4O3. The first-order valence-electron chi connectivity index (χ1n) is 10.1. The quantitative estimate of drug-likeness (QED) is 0.483. The van der Waals surface area contributed by atoms with Gasteiger partial charge in [0.05, 0.1) is 29.8 Å². The van der Waals surface area contributed by atoms with Gasteiger partial charge in [-0.15, -0.1) is 0 Å². The fourth-order valence-corrected chi connectivity index (χ4v) is 3.60. The highest BCUT2D eigenvalue weighted by atomic mass is 16.3. The smallest absolute Gasteiger partial charge is 0.322 e. The molecule has 1 atom stereocenters. The number of furan rings is 1. The predicted molar refractivity (Wildman–Crippen MR) is 120 cm³/mol. The number of rotatable bonds is 5. The molecule has 2 aromatic heterocycles. The lowest BCUT2D eigenvalue weighted by molar-refractivity contribution is 0.180. The van der Waals surface area contributed by atoms with Crippen molar-refractivity contribution in [2.45, 2.75) is 33.4 Å². The third-order valence-electron chi connectivity index (χ3n) is 5.37. The van der Waals surface area contributed by atoms with Crippen LogP contribution in [0.2, 0.25) is 0 Å². The van der Waals surface area contributed by atoms with Gasteiger partial charge in [0, 0.05) is 5.69 Å². The average molecular weight is 416 g/mol. The molecular weight excluding hydrogens is 392 g/mol. The van der Waals surface area contributed by atoms with E-state index < -0.39 is 6.04 Å². The Hall–Kier alpha value is -3.87. The maximum Gasteiger partial charge on any atom is 0.322 e. The minimum Gasteiger partial charge on any atom is -0.467 e. The van der Waals surface area contributed by atoms with Gasteiger partial charge >= 0.3 is 6.03 Å². The van der Waals surface area contributed by atoms with E-state index in [1.165, 1.54) is 0 Å². The van der Waals surface area contributed by atoms with Crippen LogP contribution in [0.5, 0.6) is 0 Å². The number of urea groups is 1. The van der Waals surface area contributed by atoms with Crippen LogP contribution in [0.3, 0.4) is 0 Å². The number of amides is 2. The van der Waals surface area contributed by atoms with E-state index in [0.29, 0.717) is 22.5 Å². The summed E-state index contributed by atoms with van der Waals surface area (Å²) in [5, 5.41) is 3.53. The monoisotopic (exact) mass is 416 g/mol. The normalized spacial score (nSPS) is 12.0. The SMILES string of the molecule is Cc1cccc(C)c1NC(=O)N(Cc1ccco1)C(C)c1nc2ccccc2c(=O)[nH]1. The highest BCUT2D eigenvalue weighted by molar-refractivity contribution is 5.91. The molecule has 2 heterocycles. The van der Waals surface area contributed by atoms with Crippen molar-refractivity contribution in [3.05, 3.63) is 93.9 Å². The van der Waals surface area contributed by atoms with Crippen molar-refractivity contribution in [2.75, 3.05) is 5.32 Å². The van der Waals surface area contributed by atoms with Gasteiger partial charge in [0.1, 0.15) is 11.6 Å². The summed E-state index contributed by atoms with van der Waals surface area (Å²) in [5.41, 5.74) is 3.05. The Kier molecular flexibility index (Phi) is 5.58. The minimum atomic E-state index is -0.508. The van der Waals surface area contributed by atoms with E-state index in [2.05, 4.69) is 15.3 Å². The second-order valence-electron chi connectivity index (χ2n) is 7.55. The number of aromatic amines is 1. The molecule has 0 aliphatic rings. The van der Waals surface area contributed by atoms with E-state index in [9.17, 15) is 9.59 Å². The van der Waals surface area contributed by atoms with Crippen LogP contribution in [-0.2, 0) is 6.54 Å². The van der Waals surface area contributed by atoms with Gasteiger partial charge in [-0.3, -0.25) is 4.79 Å². The predicted octanol–water partition coefficient (Wildman–Crippen LogP) is 4.93. The summed E-state index contributed by atoms with van der Waals surface area (Å²) in [4.78, 5) is 35.0. The number of aromatic nitrogens is 2. The first-order chi connectivity index (χ1) is 14.9. The highest BCUT2D eigenvalue weighted by Gasteiger charge is 2.26. The van der Waals surface area contributed by atoms with Crippen LogP contribution in [0.1, 0.15) is 35.7 Å². The van der Waals surface area contributed by atoms with Gasteiger partial charge in [-0.1, -0.05) is 30.3 Å². The summed E-state index contributed by atoms with van der Waals surface area (Å²) in [7, 11) is 0. The molecule has 7 heteroatoms. The summed E-state index contributed by atoms with van der Waals surface area (Å²) in [6.45, 7) is 5.96. The number of carbonyl (C=O) groups excluding carboxylic acids is 1. The van der Waals surface area contributed by atoms with Gasteiger partial charge in [-0.05, 0) is 56.2 Å². The molecule has 7 nitrogen and oxygen atoms in total. The van der Waals surface area contributed by atoms with Crippen LogP contribution in [0, 0.1) is 13.8 Å². The zero-order chi connectivity index (χ0) is 22.0. The number of hydrogen-bond donors (Lipinski definition) is 2. The van der Waals surface area contributed by atoms with E-state index in [4.69, 9.17) is 4.42 Å². The molecule has 4 rings (SSSR count). The summed E-state index contributed by atoms with van der Waals surface area (Å²) in [5.74, 6) is 1.04. The van der Waals surface area contributed by atoms with Crippen molar-refractivity contribution < 1.29 is 9.21 Å². The van der Waals surface area contributed by atoms with E-state index in [-0.39, 0.29) is 18.1 Å². The second kappa shape index (κ2) is 8.47. The standard InChI is InChI=1S/C24H24N4O3/c1-15-8-6-9-16(2)21(15)26-24(30)28(14-18-10-7-13-31-18)17(3)22-25-20-12-5-4-11-19(20)23(29)27-22/h4-13,17H,14H2,1-3H3,(H,26,30)(H,25,27,29). The average Bonchev–Trinajstić information content (AvgIpc) is 3.27. The van der Waals surface area contributed by atoms with Gasteiger partial charge in [-0.2, -0.15) is 0 Å². The van der Waals surface area contributed by atoms with Crippen LogP contribution in [-0.4, -0.2) is 20.9 Å². The van der Waals surface area contributed by atoms with Crippen molar-refractivity contribution >= 4 is 22.6 Å². The lowest BCUT2D eigenvalue weighted by Crippen LogP contribution is -2.38. The van der Waals surface area contributed by atoms with Crippen LogP contribution in [0.25, 0.3) is 10.9 Å². The number of nitrogens with zero attached hydrogens (tertiary/aromatic N) is 2. The number of benzene rings is 2. The number of fused-ring (bicyclic) bond motifs is 1. The van der Waals surface area contributed by atoms with Crippen LogP contribution >= 0.6 is 0 Å². The molecule has 2 amide bonds. The summed E-state index contributed by atoms with van der Waals surface area (Å²) in [6.07, 6.45) is 1.57. The van der Waals surface area contributed by atoms with Crippen LogP contribution in [0.4, 0.5) is 10.5 Å². The Morgan fingerprint density at radius 2 is 1.84 bits per heavy atom. The molecule has 0 saturated carbocycles. The third kappa shape index (κ3) is 4.21. The zero-order valence-corrected chi connectivity index (χ0v) is 17.7. The zero-order valence-electron chi connectivity index (χ0n) is 17.7. The molecule has 31 heavy (non-hydrogen) atoms. The van der Waals surface area contributed by atoms with Crippen molar-refractivity contribution in [3.8, 4) is 0 Å². The Morgan fingerprint density at radius 1 is 1.10 bits per heavy atom. The first kappa shape index (κ1) is 20.4. The van der Waals surface area contributed by atoms with Crippen molar-refractivity contribution in [3.63, 3.8) is 0 Å². The molecule has 0 radical (unpaired) electrons. The Bertz CT molecular complexity index is 1260. The summed E-state index contributed by atoms with van der Waals surface area (Å²) < 4.78 is 5.48. The Morgan fingerprint density at radius 3 is 2.55 bits per heavy atom. The molecule has 0 bridgehead atoms. The molecule has 0 spiro atoms. The molecule has 158 valence electrons. The Labute approximate surface area is 179 Å². The number of hydrogen-bond acceptors (Lipinski definition) is 4. The Balaban J connectivity index is 1.71. The topological polar surface area (TPSA) is 91.2 Å². The van der Waals surface area contributed by atoms with Crippen molar-refractivity contribution in [1.82, 2.24) is 14.9 Å². The summed E-state index contributed by atoms with van der Waals surface area (Å²) >= 11 is 0. The molecule has 4 aromatic rings. The van der Waals surface area contributed by atoms with Gasteiger partial charge in [0.15, 0.2) is 0 Å². The fraction of sp³-hybridized carbons (Fsp3) is 0.208. The molecule has 0 fully saturated rings. The molecule has 0 aliphatic carbocycles. The summed E-state index contributed by atoms with van der Waals surface area (Å²) in [6, 6.07) is 15.8. The van der Waals surface area contributed by atoms with Crippen LogP contribution < -0.4 is 10.9 Å². The van der Waals surface area contributed by atoms with E-state index in [1.807, 2.05) is 51.1 Å². The second-order valence-corrected chi connectivity index (χ2v) is 7.55. The van der Waals surface area contributed by atoms with Gasteiger partial charge in [0.25, 0.3) is 5.56 Å². The number of para-hydroxylation sites is 2. The molecule has 0 aliphatic heterocycles. The lowest BCUT2D eigenvalue weighted by atomic mass is 10.1. The van der Waals surface area contributed by atoms with E-state index >= 15 is 0 Å². The molecule has 2 N–H and O–H groups in total. The fourth-order valence-electron chi connectivity index (χ4n) is 3.60. The lowest BCUT2D eigenvalue weighted by Gasteiger charge is -2.28. The number of anilines is 1. The highest BCUT2D eigenvalue weighted by Crippen LogP contribution is 2.25. The maximum atomic E-state index is 13.4.